The van der Waals surface area contributed by atoms with Crippen LogP contribution in [0.4, 0.5) is 17.2 Å². The van der Waals surface area contributed by atoms with Crippen LogP contribution in [0.25, 0.3) is 0 Å². The molecule has 0 saturated heterocycles. The number of nitrogens with one attached hydrogen (secondary N) is 2. The van der Waals surface area contributed by atoms with E-state index < -0.39 is 0 Å². The average molecular weight is 324 g/mol. The van der Waals surface area contributed by atoms with Gasteiger partial charge in [0.15, 0.2) is 5.82 Å². The number of anilines is 3. The van der Waals surface area contributed by atoms with Crippen molar-refractivity contribution in [2.24, 2.45) is 0 Å². The Balaban J connectivity index is 1.72. The Morgan fingerprint density at radius 3 is 2.58 bits per heavy atom. The van der Waals surface area contributed by atoms with Crippen molar-refractivity contribution in [3.05, 3.63) is 60.1 Å². The molecule has 1 aromatic carbocycles. The van der Waals surface area contributed by atoms with Crippen LogP contribution in [0.2, 0.25) is 0 Å². The molecule has 2 heterocycles. The standard InChI is InChI=1S/C17H16N4O3/c1-11-9-16(21-24-11)20-17(22)15-10-13(7-8-18-15)19-12-3-5-14(23-2)6-4-12/h3-10H,1-2H3,(H,18,19)(H,20,21,22). The number of hydrogen-bond donors (Lipinski definition) is 2. The van der Waals surface area contributed by atoms with Gasteiger partial charge >= 0.3 is 0 Å². The quantitative estimate of drug-likeness (QED) is 0.748. The first-order valence-corrected chi connectivity index (χ1v) is 7.26. The predicted molar refractivity (Wildman–Crippen MR) is 89.7 cm³/mol. The lowest BCUT2D eigenvalue weighted by atomic mass is 10.2. The van der Waals surface area contributed by atoms with Crippen molar-refractivity contribution in [1.29, 1.82) is 0 Å². The molecule has 0 unspecified atom stereocenters. The zero-order chi connectivity index (χ0) is 16.9. The third kappa shape index (κ3) is 3.70. The average Bonchev–Trinajstić information content (AvgIpc) is 3.00. The van der Waals surface area contributed by atoms with Gasteiger partial charge in [0, 0.05) is 23.6 Å². The van der Waals surface area contributed by atoms with E-state index in [-0.39, 0.29) is 11.6 Å². The summed E-state index contributed by atoms with van der Waals surface area (Å²) in [6, 6.07) is 12.5. The summed E-state index contributed by atoms with van der Waals surface area (Å²) in [5.41, 5.74) is 1.89. The number of hydrogen-bond acceptors (Lipinski definition) is 6. The molecule has 1 amide bonds. The first-order valence-electron chi connectivity index (χ1n) is 7.26. The number of pyridine rings is 1. The van der Waals surface area contributed by atoms with E-state index in [1.807, 2.05) is 24.3 Å². The van der Waals surface area contributed by atoms with Crippen LogP contribution in [0.1, 0.15) is 16.2 Å². The second-order valence-electron chi connectivity index (χ2n) is 5.06. The van der Waals surface area contributed by atoms with Gasteiger partial charge in [0.25, 0.3) is 5.91 Å². The zero-order valence-corrected chi connectivity index (χ0v) is 13.2. The van der Waals surface area contributed by atoms with Crippen LogP contribution in [-0.2, 0) is 0 Å². The third-order valence-corrected chi connectivity index (χ3v) is 3.24. The third-order valence-electron chi connectivity index (χ3n) is 3.24. The van der Waals surface area contributed by atoms with Crippen molar-refractivity contribution in [2.45, 2.75) is 6.92 Å². The highest BCUT2D eigenvalue weighted by molar-refractivity contribution is 6.02. The molecule has 0 bridgehead atoms. The molecule has 0 aliphatic heterocycles. The molecule has 2 N–H and O–H groups in total. The van der Waals surface area contributed by atoms with Crippen LogP contribution in [0.5, 0.6) is 5.75 Å². The largest absolute Gasteiger partial charge is 0.497 e. The van der Waals surface area contributed by atoms with E-state index in [0.29, 0.717) is 11.6 Å². The lowest BCUT2D eigenvalue weighted by Crippen LogP contribution is -2.14. The van der Waals surface area contributed by atoms with E-state index in [9.17, 15) is 4.79 Å². The minimum absolute atomic E-state index is 0.272. The van der Waals surface area contributed by atoms with E-state index in [2.05, 4.69) is 20.8 Å². The van der Waals surface area contributed by atoms with Gasteiger partial charge in [-0.05, 0) is 43.3 Å². The molecule has 0 spiro atoms. The van der Waals surface area contributed by atoms with Gasteiger partial charge in [0.1, 0.15) is 17.2 Å². The Labute approximate surface area is 138 Å². The summed E-state index contributed by atoms with van der Waals surface area (Å²) in [6.45, 7) is 1.75. The molecule has 24 heavy (non-hydrogen) atoms. The van der Waals surface area contributed by atoms with Crippen molar-refractivity contribution in [2.75, 3.05) is 17.7 Å². The summed E-state index contributed by atoms with van der Waals surface area (Å²) in [5, 5.41) is 9.57. The first kappa shape index (κ1) is 15.5. The minimum Gasteiger partial charge on any atom is -0.497 e. The highest BCUT2D eigenvalue weighted by Crippen LogP contribution is 2.20. The summed E-state index contributed by atoms with van der Waals surface area (Å²) >= 11 is 0. The van der Waals surface area contributed by atoms with E-state index in [0.717, 1.165) is 17.1 Å². The maximum absolute atomic E-state index is 12.2. The fourth-order valence-electron chi connectivity index (χ4n) is 2.08. The van der Waals surface area contributed by atoms with Crippen molar-refractivity contribution >= 4 is 23.1 Å². The van der Waals surface area contributed by atoms with Gasteiger partial charge in [-0.2, -0.15) is 0 Å². The Kier molecular flexibility index (Phi) is 4.42. The molecule has 0 saturated carbocycles. The molecular weight excluding hydrogens is 308 g/mol. The molecule has 7 heteroatoms. The zero-order valence-electron chi connectivity index (χ0n) is 13.2. The number of aryl methyl sites for hydroxylation is 1. The fourth-order valence-corrected chi connectivity index (χ4v) is 2.08. The van der Waals surface area contributed by atoms with Gasteiger partial charge in [0.2, 0.25) is 0 Å². The molecule has 0 aliphatic carbocycles. The maximum atomic E-state index is 12.2. The lowest BCUT2D eigenvalue weighted by Gasteiger charge is -2.08. The highest BCUT2D eigenvalue weighted by Gasteiger charge is 2.11. The lowest BCUT2D eigenvalue weighted by molar-refractivity contribution is 0.102. The van der Waals surface area contributed by atoms with Crippen LogP contribution >= 0.6 is 0 Å². The number of rotatable bonds is 5. The van der Waals surface area contributed by atoms with E-state index in [4.69, 9.17) is 9.26 Å². The molecule has 3 rings (SSSR count). The topological polar surface area (TPSA) is 89.3 Å². The number of methoxy groups -OCH3 is 1. The summed E-state index contributed by atoms with van der Waals surface area (Å²) in [5.74, 6) is 1.39. The second-order valence-corrected chi connectivity index (χ2v) is 5.06. The monoisotopic (exact) mass is 324 g/mol. The van der Waals surface area contributed by atoms with E-state index in [1.165, 1.54) is 0 Å². The fraction of sp³-hybridized carbons (Fsp3) is 0.118. The number of carbonyl (C=O) groups excluding carboxylic acids is 1. The molecule has 0 atom stereocenters. The smallest absolute Gasteiger partial charge is 0.275 e. The normalized spacial score (nSPS) is 10.2. The van der Waals surface area contributed by atoms with Crippen molar-refractivity contribution < 1.29 is 14.1 Å². The van der Waals surface area contributed by atoms with Gasteiger partial charge in [-0.1, -0.05) is 5.16 Å². The molecular formula is C17H16N4O3. The van der Waals surface area contributed by atoms with Crippen LogP contribution in [0, 0.1) is 6.92 Å². The summed E-state index contributed by atoms with van der Waals surface area (Å²) < 4.78 is 10.0. The minimum atomic E-state index is -0.360. The summed E-state index contributed by atoms with van der Waals surface area (Å²) in [7, 11) is 1.62. The Morgan fingerprint density at radius 1 is 1.12 bits per heavy atom. The summed E-state index contributed by atoms with van der Waals surface area (Å²) in [4.78, 5) is 16.3. The van der Waals surface area contributed by atoms with E-state index in [1.54, 1.807) is 38.4 Å². The van der Waals surface area contributed by atoms with Gasteiger partial charge in [-0.3, -0.25) is 9.78 Å². The first-order chi connectivity index (χ1) is 11.6. The SMILES string of the molecule is COc1ccc(Nc2ccnc(C(=O)Nc3cc(C)on3)c2)cc1. The second kappa shape index (κ2) is 6.82. The Morgan fingerprint density at radius 2 is 1.92 bits per heavy atom. The van der Waals surface area contributed by atoms with Gasteiger partial charge in [-0.25, -0.2) is 0 Å². The molecule has 0 aliphatic rings. The highest BCUT2D eigenvalue weighted by atomic mass is 16.5. The molecule has 7 nitrogen and oxygen atoms in total. The number of carbonyl (C=O) groups is 1. The van der Waals surface area contributed by atoms with Gasteiger partial charge in [0.05, 0.1) is 7.11 Å². The van der Waals surface area contributed by atoms with Gasteiger partial charge < -0.3 is 19.9 Å². The number of ether oxygens (including phenoxy) is 1. The van der Waals surface area contributed by atoms with Gasteiger partial charge in [-0.15, -0.1) is 0 Å². The molecule has 3 aromatic rings. The molecule has 2 aromatic heterocycles. The maximum Gasteiger partial charge on any atom is 0.275 e. The number of benzene rings is 1. The van der Waals surface area contributed by atoms with Crippen LogP contribution in [0.15, 0.2) is 53.2 Å². The number of amides is 1. The van der Waals surface area contributed by atoms with Crippen molar-refractivity contribution in [3.8, 4) is 5.75 Å². The van der Waals surface area contributed by atoms with Crippen molar-refractivity contribution in [1.82, 2.24) is 10.1 Å². The van der Waals surface area contributed by atoms with Crippen molar-refractivity contribution in [3.63, 3.8) is 0 Å². The number of nitrogens with zero attached hydrogens (tertiary/aromatic N) is 2. The van der Waals surface area contributed by atoms with Crippen LogP contribution < -0.4 is 15.4 Å². The van der Waals surface area contributed by atoms with Crippen LogP contribution in [0.3, 0.4) is 0 Å². The number of aromatic nitrogens is 2. The molecule has 122 valence electrons. The molecule has 0 fully saturated rings. The Hall–Kier alpha value is -3.35. The molecule has 0 radical (unpaired) electrons. The predicted octanol–water partition coefficient (Wildman–Crippen LogP) is 3.38. The Bertz CT molecular complexity index is 843. The summed E-state index contributed by atoms with van der Waals surface area (Å²) in [6.07, 6.45) is 1.56. The van der Waals surface area contributed by atoms with Crippen LogP contribution in [-0.4, -0.2) is 23.2 Å². The van der Waals surface area contributed by atoms with E-state index >= 15 is 0 Å².